The van der Waals surface area contributed by atoms with Gasteiger partial charge in [-0.1, -0.05) is 45.7 Å². The van der Waals surface area contributed by atoms with Gasteiger partial charge in [0.25, 0.3) is 5.78 Å². The summed E-state index contributed by atoms with van der Waals surface area (Å²) in [4.78, 5) is 22.6. The smallest absolute Gasteiger partial charge is 0.338 e. The third-order valence-corrected chi connectivity index (χ3v) is 8.36. The maximum Gasteiger partial charge on any atom is 0.338 e. The summed E-state index contributed by atoms with van der Waals surface area (Å²) in [6, 6.07) is 7.73. The van der Waals surface area contributed by atoms with E-state index in [9.17, 15) is 15.0 Å². The second-order valence-corrected chi connectivity index (χ2v) is 10.7. The van der Waals surface area contributed by atoms with Gasteiger partial charge in [0.1, 0.15) is 17.1 Å². The van der Waals surface area contributed by atoms with Gasteiger partial charge in [0.15, 0.2) is 5.82 Å². The average Bonchev–Trinajstić information content (AvgIpc) is 3.60. The van der Waals surface area contributed by atoms with E-state index in [1.54, 1.807) is 10.6 Å². The number of aliphatic hydroxyl groups is 1. The van der Waals surface area contributed by atoms with Gasteiger partial charge < -0.3 is 14.9 Å². The Kier molecular flexibility index (Phi) is 7.41. The fourth-order valence-corrected chi connectivity index (χ4v) is 6.11. The highest BCUT2D eigenvalue weighted by molar-refractivity contribution is 5.90. The van der Waals surface area contributed by atoms with E-state index in [0.717, 1.165) is 67.5 Å². The number of hydrogen-bond acceptors (Lipinski definition) is 7. The van der Waals surface area contributed by atoms with E-state index >= 15 is 0 Å². The maximum atomic E-state index is 13.4. The van der Waals surface area contributed by atoms with Gasteiger partial charge in [-0.2, -0.15) is 4.98 Å². The first kappa shape index (κ1) is 26.2. The first-order valence-electron chi connectivity index (χ1n) is 14.0. The number of hydrogen-bond donors (Lipinski definition) is 2. The van der Waals surface area contributed by atoms with Gasteiger partial charge in [0.2, 0.25) is 0 Å². The lowest BCUT2D eigenvalue weighted by atomic mass is 9.76. The summed E-state index contributed by atoms with van der Waals surface area (Å²) in [5.74, 6) is 1.10. The molecule has 0 bridgehead atoms. The Labute approximate surface area is 223 Å². The molecule has 0 amide bonds. The van der Waals surface area contributed by atoms with Crippen LogP contribution in [0.5, 0.6) is 5.75 Å². The quantitative estimate of drug-likeness (QED) is 0.366. The van der Waals surface area contributed by atoms with Gasteiger partial charge in [0, 0.05) is 24.2 Å². The van der Waals surface area contributed by atoms with Crippen LogP contribution in [0, 0.1) is 5.92 Å². The molecule has 1 fully saturated rings. The first-order chi connectivity index (χ1) is 18.4. The van der Waals surface area contributed by atoms with Crippen LogP contribution in [-0.2, 0) is 41.6 Å². The molecule has 0 radical (unpaired) electrons. The van der Waals surface area contributed by atoms with Crippen molar-refractivity contribution in [2.75, 3.05) is 0 Å². The molecule has 1 saturated carbocycles. The SMILES string of the molecule is CCc1cc(CC)n2nc(CC3=C(O)CC(CCc4ccc(O)c(CC)c4)(C4CCCC4)OC3=O)nc2n1. The Morgan fingerprint density at radius 2 is 1.84 bits per heavy atom. The van der Waals surface area contributed by atoms with Gasteiger partial charge in [-0.05, 0) is 74.1 Å². The van der Waals surface area contributed by atoms with Crippen LogP contribution in [0.4, 0.5) is 0 Å². The molecule has 202 valence electrons. The molecule has 38 heavy (non-hydrogen) atoms. The third-order valence-electron chi connectivity index (χ3n) is 8.36. The van der Waals surface area contributed by atoms with Crippen LogP contribution < -0.4 is 0 Å². The van der Waals surface area contributed by atoms with Crippen molar-refractivity contribution in [1.29, 1.82) is 0 Å². The predicted octanol–water partition coefficient (Wildman–Crippen LogP) is 5.38. The van der Waals surface area contributed by atoms with Gasteiger partial charge >= 0.3 is 5.97 Å². The Morgan fingerprint density at radius 1 is 1.05 bits per heavy atom. The molecule has 2 aromatic heterocycles. The zero-order chi connectivity index (χ0) is 26.9. The van der Waals surface area contributed by atoms with E-state index < -0.39 is 11.6 Å². The Morgan fingerprint density at radius 3 is 2.53 bits per heavy atom. The van der Waals surface area contributed by atoms with E-state index in [-0.39, 0.29) is 23.7 Å². The predicted molar refractivity (Wildman–Crippen MR) is 144 cm³/mol. The number of nitrogens with zero attached hydrogens (tertiary/aromatic N) is 4. The zero-order valence-electron chi connectivity index (χ0n) is 22.7. The van der Waals surface area contributed by atoms with Crippen molar-refractivity contribution in [3.05, 3.63) is 63.9 Å². The summed E-state index contributed by atoms with van der Waals surface area (Å²) < 4.78 is 8.01. The fourth-order valence-electron chi connectivity index (χ4n) is 6.11. The lowest BCUT2D eigenvalue weighted by Crippen LogP contribution is -2.46. The largest absolute Gasteiger partial charge is 0.512 e. The summed E-state index contributed by atoms with van der Waals surface area (Å²) >= 11 is 0. The number of cyclic esters (lactones) is 1. The minimum atomic E-state index is -0.731. The molecule has 0 saturated heterocycles. The van der Waals surface area contributed by atoms with Crippen molar-refractivity contribution in [2.24, 2.45) is 5.92 Å². The summed E-state index contributed by atoms with van der Waals surface area (Å²) in [6.45, 7) is 6.13. The van der Waals surface area contributed by atoms with Gasteiger partial charge in [-0.15, -0.1) is 5.10 Å². The number of carbonyl (C=O) groups is 1. The van der Waals surface area contributed by atoms with Crippen molar-refractivity contribution in [3.63, 3.8) is 0 Å². The van der Waals surface area contributed by atoms with Crippen molar-refractivity contribution in [1.82, 2.24) is 19.6 Å². The lowest BCUT2D eigenvalue weighted by molar-refractivity contribution is -0.167. The molecule has 3 heterocycles. The molecule has 2 aliphatic rings. The Bertz CT molecular complexity index is 1370. The Hall–Kier alpha value is -3.42. The van der Waals surface area contributed by atoms with Crippen molar-refractivity contribution < 1.29 is 19.7 Å². The van der Waals surface area contributed by atoms with E-state index in [1.807, 2.05) is 25.1 Å². The summed E-state index contributed by atoms with van der Waals surface area (Å²) in [6.07, 6.45) is 8.30. The topological polar surface area (TPSA) is 110 Å². The molecule has 5 rings (SSSR count). The fraction of sp³-hybridized carbons (Fsp3) is 0.533. The van der Waals surface area contributed by atoms with E-state index in [1.165, 1.54) is 0 Å². The number of phenols is 1. The molecule has 1 aliphatic carbocycles. The molecule has 8 nitrogen and oxygen atoms in total. The number of benzene rings is 1. The van der Waals surface area contributed by atoms with Crippen molar-refractivity contribution in [2.45, 2.75) is 97.0 Å². The molecule has 3 aromatic rings. The van der Waals surface area contributed by atoms with E-state index in [4.69, 9.17) is 4.74 Å². The molecular formula is C30H38N4O4. The van der Waals surface area contributed by atoms with E-state index in [2.05, 4.69) is 28.9 Å². The summed E-state index contributed by atoms with van der Waals surface area (Å²) in [7, 11) is 0. The molecule has 1 aliphatic heterocycles. The molecule has 8 heteroatoms. The molecule has 0 spiro atoms. The number of aromatic nitrogens is 4. The van der Waals surface area contributed by atoms with Crippen LogP contribution in [0.25, 0.3) is 5.78 Å². The molecular weight excluding hydrogens is 480 g/mol. The van der Waals surface area contributed by atoms with Crippen molar-refractivity contribution in [3.8, 4) is 5.75 Å². The van der Waals surface area contributed by atoms with Gasteiger partial charge in [-0.25, -0.2) is 14.3 Å². The molecule has 2 N–H and O–H groups in total. The van der Waals surface area contributed by atoms with Crippen LogP contribution in [0.2, 0.25) is 0 Å². The minimum absolute atomic E-state index is 0.0879. The van der Waals surface area contributed by atoms with Crippen LogP contribution in [0.1, 0.15) is 87.6 Å². The Balaban J connectivity index is 1.41. The number of esters is 1. The molecule has 1 unspecified atom stereocenters. The van der Waals surface area contributed by atoms with E-state index in [0.29, 0.717) is 36.6 Å². The van der Waals surface area contributed by atoms with Crippen LogP contribution in [0.3, 0.4) is 0 Å². The van der Waals surface area contributed by atoms with Crippen LogP contribution in [-0.4, -0.2) is 41.4 Å². The second kappa shape index (κ2) is 10.8. The zero-order valence-corrected chi connectivity index (χ0v) is 22.7. The standard InChI is InChI=1S/C30H38N4O4/c1-4-20-15-19(11-12-25(20)35)13-14-30(21-9-7-8-10-21)18-26(36)24(28(37)38-30)17-27-32-29-31-22(5-2)16-23(6-3)34(29)33-27/h11-12,15-16,21,35-36H,4-10,13-14,17-18H2,1-3H3. The monoisotopic (exact) mass is 518 g/mol. The number of phenolic OH excluding ortho intramolecular Hbond substituents is 1. The minimum Gasteiger partial charge on any atom is -0.512 e. The first-order valence-corrected chi connectivity index (χ1v) is 14.0. The van der Waals surface area contributed by atoms with Gasteiger partial charge in [0.05, 0.1) is 5.57 Å². The highest BCUT2D eigenvalue weighted by atomic mass is 16.6. The third kappa shape index (κ3) is 5.00. The number of ether oxygens (including phenoxy) is 1. The highest BCUT2D eigenvalue weighted by Crippen LogP contribution is 2.46. The maximum absolute atomic E-state index is 13.4. The number of fused-ring (bicyclic) bond motifs is 1. The van der Waals surface area contributed by atoms with Gasteiger partial charge in [-0.3, -0.25) is 0 Å². The lowest BCUT2D eigenvalue weighted by Gasteiger charge is -2.41. The summed E-state index contributed by atoms with van der Waals surface area (Å²) in [5, 5.41) is 25.9. The summed E-state index contributed by atoms with van der Waals surface area (Å²) in [5.41, 5.74) is 3.48. The highest BCUT2D eigenvalue weighted by Gasteiger charge is 2.48. The average molecular weight is 519 g/mol. The number of carbonyl (C=O) groups excluding carboxylic acids is 1. The number of rotatable bonds is 9. The second-order valence-electron chi connectivity index (χ2n) is 10.7. The number of aryl methyl sites for hydroxylation is 4. The number of aromatic hydroxyl groups is 1. The van der Waals surface area contributed by atoms with Crippen LogP contribution in [0.15, 0.2) is 35.6 Å². The molecule has 1 aromatic carbocycles. The van der Waals surface area contributed by atoms with Crippen LogP contribution >= 0.6 is 0 Å². The molecule has 1 atom stereocenters. The number of aliphatic hydroxyl groups excluding tert-OH is 1. The van der Waals surface area contributed by atoms with Crippen molar-refractivity contribution >= 4 is 11.7 Å². The normalized spacial score (nSPS) is 20.4.